The van der Waals surface area contributed by atoms with Crippen molar-refractivity contribution in [3.8, 4) is 39.6 Å². The van der Waals surface area contributed by atoms with Crippen LogP contribution in [0.15, 0.2) is 60.8 Å². The topological polar surface area (TPSA) is 40.6 Å². The van der Waals surface area contributed by atoms with Crippen molar-refractivity contribution < 1.29 is 14.2 Å². The van der Waals surface area contributed by atoms with Gasteiger partial charge in [0.25, 0.3) is 0 Å². The zero-order valence-corrected chi connectivity index (χ0v) is 16.1. The summed E-state index contributed by atoms with van der Waals surface area (Å²) in [6.45, 7) is 2.81. The molecule has 0 atom stereocenters. The fourth-order valence-corrected chi connectivity index (χ4v) is 2.80. The van der Waals surface area contributed by atoms with Gasteiger partial charge in [-0.3, -0.25) is 0 Å². The van der Waals surface area contributed by atoms with E-state index in [0.717, 1.165) is 46.6 Å². The first-order valence-corrected chi connectivity index (χ1v) is 9.17. The van der Waals surface area contributed by atoms with E-state index in [1.807, 2.05) is 54.7 Å². The second-order valence-electron chi connectivity index (χ2n) is 6.24. The summed E-state index contributed by atoms with van der Waals surface area (Å²) >= 11 is 0. The van der Waals surface area contributed by atoms with Crippen LogP contribution in [0.5, 0.6) is 17.4 Å². The molecule has 0 aliphatic heterocycles. The van der Waals surface area contributed by atoms with Gasteiger partial charge in [-0.05, 0) is 47.9 Å². The minimum Gasteiger partial charge on any atom is -0.497 e. The minimum absolute atomic E-state index is 0.658. The second-order valence-corrected chi connectivity index (χ2v) is 6.24. The number of methoxy groups -OCH3 is 2. The van der Waals surface area contributed by atoms with Gasteiger partial charge in [0.05, 0.1) is 20.8 Å². The van der Waals surface area contributed by atoms with Gasteiger partial charge in [-0.15, -0.1) is 0 Å². The third-order valence-corrected chi connectivity index (χ3v) is 4.41. The molecule has 3 aromatic rings. The molecule has 1 aromatic heterocycles. The third kappa shape index (κ3) is 4.59. The van der Waals surface area contributed by atoms with Crippen LogP contribution < -0.4 is 14.2 Å². The molecule has 3 rings (SSSR count). The molecule has 0 aliphatic rings. The lowest BCUT2D eigenvalue weighted by atomic mass is 10.0. The molecule has 0 fully saturated rings. The summed E-state index contributed by atoms with van der Waals surface area (Å²) in [5.74, 6) is 2.32. The molecule has 0 N–H and O–H groups in total. The molecule has 0 saturated carbocycles. The fraction of sp³-hybridized carbons (Fsp3) is 0.261. The lowest BCUT2D eigenvalue weighted by Gasteiger charge is -2.13. The number of pyridine rings is 1. The Morgan fingerprint density at radius 1 is 0.778 bits per heavy atom. The number of ether oxygens (including phenoxy) is 3. The Bertz CT molecular complexity index is 858. The van der Waals surface area contributed by atoms with E-state index < -0.39 is 0 Å². The number of benzene rings is 2. The van der Waals surface area contributed by atoms with E-state index in [0.29, 0.717) is 12.5 Å². The van der Waals surface area contributed by atoms with Gasteiger partial charge in [-0.1, -0.05) is 37.6 Å². The highest BCUT2D eigenvalue weighted by atomic mass is 16.5. The molecule has 2 aromatic carbocycles. The highest BCUT2D eigenvalue weighted by molar-refractivity contribution is 5.76. The van der Waals surface area contributed by atoms with Gasteiger partial charge in [-0.2, -0.15) is 0 Å². The number of unbranched alkanes of at least 4 members (excludes halogenated alkanes) is 1. The second kappa shape index (κ2) is 9.08. The predicted molar refractivity (Wildman–Crippen MR) is 109 cm³/mol. The van der Waals surface area contributed by atoms with E-state index in [4.69, 9.17) is 14.2 Å². The lowest BCUT2D eigenvalue weighted by molar-refractivity contribution is 0.299. The molecule has 0 spiro atoms. The summed E-state index contributed by atoms with van der Waals surface area (Å²) in [5.41, 5.74) is 4.14. The van der Waals surface area contributed by atoms with Crippen molar-refractivity contribution in [3.05, 3.63) is 60.8 Å². The summed E-state index contributed by atoms with van der Waals surface area (Å²) in [5, 5.41) is 0. The molecule has 140 valence electrons. The fourth-order valence-electron chi connectivity index (χ4n) is 2.80. The average molecular weight is 363 g/mol. The van der Waals surface area contributed by atoms with Crippen molar-refractivity contribution in [2.45, 2.75) is 19.8 Å². The number of hydrogen-bond donors (Lipinski definition) is 0. The molecule has 0 saturated heterocycles. The van der Waals surface area contributed by atoms with Crippen LogP contribution >= 0.6 is 0 Å². The quantitative estimate of drug-likeness (QED) is 0.488. The van der Waals surface area contributed by atoms with Crippen LogP contribution in [0.2, 0.25) is 0 Å². The van der Waals surface area contributed by atoms with Crippen molar-refractivity contribution in [3.63, 3.8) is 0 Å². The largest absolute Gasteiger partial charge is 0.497 e. The lowest BCUT2D eigenvalue weighted by Crippen LogP contribution is -2.01. The predicted octanol–water partition coefficient (Wildman–Crippen LogP) is 5.61. The standard InChI is InChI=1S/C23H25NO3/c1-4-5-14-27-23-22(18-8-12-21(26-3)13-9-18)15-19(16-24-23)17-6-10-20(25-2)11-7-17/h6-13,15-16H,4-5,14H2,1-3H3. The summed E-state index contributed by atoms with van der Waals surface area (Å²) < 4.78 is 16.5. The summed E-state index contributed by atoms with van der Waals surface area (Å²) in [6.07, 6.45) is 3.95. The van der Waals surface area contributed by atoms with Gasteiger partial charge in [0.15, 0.2) is 0 Å². The maximum atomic E-state index is 5.95. The van der Waals surface area contributed by atoms with E-state index in [-0.39, 0.29) is 0 Å². The summed E-state index contributed by atoms with van der Waals surface area (Å²) in [7, 11) is 3.33. The van der Waals surface area contributed by atoms with E-state index in [2.05, 4.69) is 18.0 Å². The number of aromatic nitrogens is 1. The Morgan fingerprint density at radius 2 is 1.37 bits per heavy atom. The van der Waals surface area contributed by atoms with Crippen molar-refractivity contribution in [2.24, 2.45) is 0 Å². The molecule has 0 unspecified atom stereocenters. The molecule has 27 heavy (non-hydrogen) atoms. The number of nitrogens with zero attached hydrogens (tertiary/aromatic N) is 1. The normalized spacial score (nSPS) is 10.5. The van der Waals surface area contributed by atoms with Crippen molar-refractivity contribution >= 4 is 0 Å². The van der Waals surface area contributed by atoms with E-state index in [1.165, 1.54) is 0 Å². The zero-order valence-electron chi connectivity index (χ0n) is 16.1. The smallest absolute Gasteiger partial charge is 0.221 e. The monoisotopic (exact) mass is 363 g/mol. The summed E-state index contributed by atoms with van der Waals surface area (Å²) in [4.78, 5) is 4.60. The highest BCUT2D eigenvalue weighted by Gasteiger charge is 2.11. The van der Waals surface area contributed by atoms with Crippen LogP contribution in [-0.2, 0) is 0 Å². The third-order valence-electron chi connectivity index (χ3n) is 4.41. The molecule has 4 heteroatoms. The molecule has 4 nitrogen and oxygen atoms in total. The van der Waals surface area contributed by atoms with Crippen LogP contribution in [0.4, 0.5) is 0 Å². The van der Waals surface area contributed by atoms with Crippen LogP contribution in [0.3, 0.4) is 0 Å². The van der Waals surface area contributed by atoms with Gasteiger partial charge >= 0.3 is 0 Å². The van der Waals surface area contributed by atoms with E-state index in [1.54, 1.807) is 14.2 Å². The summed E-state index contributed by atoms with van der Waals surface area (Å²) in [6, 6.07) is 18.0. The SMILES string of the molecule is CCCCOc1ncc(-c2ccc(OC)cc2)cc1-c1ccc(OC)cc1. The van der Waals surface area contributed by atoms with Gasteiger partial charge in [0.1, 0.15) is 11.5 Å². The molecular formula is C23H25NO3. The molecule has 0 aliphatic carbocycles. The van der Waals surface area contributed by atoms with E-state index in [9.17, 15) is 0 Å². The van der Waals surface area contributed by atoms with Crippen molar-refractivity contribution in [1.29, 1.82) is 0 Å². The molecular weight excluding hydrogens is 338 g/mol. The first kappa shape index (κ1) is 18.8. The van der Waals surface area contributed by atoms with Gasteiger partial charge in [-0.25, -0.2) is 4.98 Å². The van der Waals surface area contributed by atoms with Crippen LogP contribution in [0.1, 0.15) is 19.8 Å². The van der Waals surface area contributed by atoms with Gasteiger partial charge in [0, 0.05) is 17.3 Å². The molecule has 0 amide bonds. The highest BCUT2D eigenvalue weighted by Crippen LogP contribution is 2.34. The van der Waals surface area contributed by atoms with Gasteiger partial charge in [0.2, 0.25) is 5.88 Å². The minimum atomic E-state index is 0.658. The average Bonchev–Trinajstić information content (AvgIpc) is 2.74. The van der Waals surface area contributed by atoms with Crippen LogP contribution in [0, 0.1) is 0 Å². The molecule has 0 radical (unpaired) electrons. The Morgan fingerprint density at radius 3 is 1.93 bits per heavy atom. The van der Waals surface area contributed by atoms with Crippen LogP contribution in [-0.4, -0.2) is 25.8 Å². The molecule has 0 bridgehead atoms. The maximum absolute atomic E-state index is 5.95. The first-order valence-electron chi connectivity index (χ1n) is 9.17. The molecule has 1 heterocycles. The number of hydrogen-bond acceptors (Lipinski definition) is 4. The Labute approximate surface area is 160 Å². The Kier molecular flexibility index (Phi) is 6.31. The van der Waals surface area contributed by atoms with E-state index >= 15 is 0 Å². The van der Waals surface area contributed by atoms with Crippen LogP contribution in [0.25, 0.3) is 22.3 Å². The first-order chi connectivity index (χ1) is 13.2. The zero-order chi connectivity index (χ0) is 19.1. The number of rotatable bonds is 8. The van der Waals surface area contributed by atoms with Gasteiger partial charge < -0.3 is 14.2 Å². The maximum Gasteiger partial charge on any atom is 0.221 e. The Balaban J connectivity index is 1.98. The van der Waals surface area contributed by atoms with Crippen molar-refractivity contribution in [2.75, 3.05) is 20.8 Å². The van der Waals surface area contributed by atoms with Crippen molar-refractivity contribution in [1.82, 2.24) is 4.98 Å². The Hall–Kier alpha value is -3.01.